The number of carbonyl (C=O) groups is 2. The molecule has 0 bridgehead atoms. The maximum absolute atomic E-state index is 11.1. The van der Waals surface area contributed by atoms with E-state index in [1.165, 1.54) is 6.92 Å². The Labute approximate surface area is 112 Å². The average Bonchev–Trinajstić information content (AvgIpc) is 2.58. The molecule has 2 unspecified atom stereocenters. The molecular weight excluding hydrogens is 274 g/mol. The predicted molar refractivity (Wildman–Crippen MR) is 66.9 cm³/mol. The summed E-state index contributed by atoms with van der Waals surface area (Å²) in [4.78, 5) is 22.0. The van der Waals surface area contributed by atoms with Crippen LogP contribution >= 0.6 is 0 Å². The fourth-order valence-electron chi connectivity index (χ4n) is 2.24. The number of hydrogen-bond donors (Lipinski definition) is 2. The minimum atomic E-state index is -4.18. The first-order valence-corrected chi connectivity index (χ1v) is 7.60. The Kier molecular flexibility index (Phi) is 4.92. The Morgan fingerprint density at radius 3 is 2.63 bits per heavy atom. The van der Waals surface area contributed by atoms with Crippen LogP contribution in [0.2, 0.25) is 0 Å². The molecule has 19 heavy (non-hydrogen) atoms. The zero-order valence-corrected chi connectivity index (χ0v) is 11.8. The molecule has 1 aliphatic rings. The van der Waals surface area contributed by atoms with E-state index in [-0.39, 0.29) is 30.9 Å². The predicted octanol–water partition coefficient (Wildman–Crippen LogP) is 0.112. The van der Waals surface area contributed by atoms with Gasteiger partial charge in [-0.1, -0.05) is 6.92 Å². The van der Waals surface area contributed by atoms with Crippen molar-refractivity contribution in [3.63, 3.8) is 0 Å². The summed E-state index contributed by atoms with van der Waals surface area (Å²) in [5.41, 5.74) is -0.880. The summed E-state index contributed by atoms with van der Waals surface area (Å²) < 4.78 is 36.2. The third-order valence-electron chi connectivity index (χ3n) is 2.98. The van der Waals surface area contributed by atoms with E-state index in [0.29, 0.717) is 12.8 Å². The molecule has 2 N–H and O–H groups in total. The Morgan fingerprint density at radius 2 is 2.21 bits per heavy atom. The van der Waals surface area contributed by atoms with Gasteiger partial charge in [-0.05, 0) is 12.8 Å². The molecule has 0 aromatic carbocycles. The van der Waals surface area contributed by atoms with Gasteiger partial charge in [-0.3, -0.25) is 14.1 Å². The van der Waals surface area contributed by atoms with Crippen LogP contribution in [0.3, 0.4) is 0 Å². The molecule has 1 aliphatic heterocycles. The van der Waals surface area contributed by atoms with Crippen molar-refractivity contribution in [1.29, 1.82) is 0 Å². The highest BCUT2D eigenvalue weighted by Crippen LogP contribution is 2.30. The molecule has 1 amide bonds. The highest BCUT2D eigenvalue weighted by atomic mass is 32.2. The SMILES string of the molecule is CC(=O)NCC(C)(CC1CCC(=O)O1)CS(=O)(=O)O. The Hall–Kier alpha value is -1.15. The number of ether oxygens (including phenoxy) is 1. The molecule has 0 aromatic rings. The summed E-state index contributed by atoms with van der Waals surface area (Å²) in [6.07, 6.45) is 0.749. The van der Waals surface area contributed by atoms with Gasteiger partial charge in [0.2, 0.25) is 5.91 Å². The molecule has 1 saturated heterocycles. The van der Waals surface area contributed by atoms with E-state index in [1.54, 1.807) is 6.92 Å². The lowest BCUT2D eigenvalue weighted by Crippen LogP contribution is -2.41. The van der Waals surface area contributed by atoms with E-state index >= 15 is 0 Å². The van der Waals surface area contributed by atoms with Gasteiger partial charge in [0, 0.05) is 25.3 Å². The van der Waals surface area contributed by atoms with Gasteiger partial charge >= 0.3 is 5.97 Å². The summed E-state index contributed by atoms with van der Waals surface area (Å²) in [6.45, 7) is 3.04. The monoisotopic (exact) mass is 293 g/mol. The second kappa shape index (κ2) is 5.87. The van der Waals surface area contributed by atoms with Crippen molar-refractivity contribution in [1.82, 2.24) is 5.32 Å². The summed E-state index contributed by atoms with van der Waals surface area (Å²) in [5.74, 6) is -1.09. The zero-order valence-electron chi connectivity index (χ0n) is 11.0. The number of hydrogen-bond acceptors (Lipinski definition) is 5. The first-order chi connectivity index (χ1) is 8.60. The maximum Gasteiger partial charge on any atom is 0.306 e. The number of nitrogens with one attached hydrogen (secondary N) is 1. The van der Waals surface area contributed by atoms with Gasteiger partial charge in [-0.15, -0.1) is 0 Å². The van der Waals surface area contributed by atoms with Crippen molar-refractivity contribution >= 4 is 22.0 Å². The van der Waals surface area contributed by atoms with Crippen LogP contribution in [0.25, 0.3) is 0 Å². The van der Waals surface area contributed by atoms with Crippen LogP contribution in [-0.2, 0) is 24.4 Å². The van der Waals surface area contributed by atoms with Crippen molar-refractivity contribution in [2.24, 2.45) is 5.41 Å². The van der Waals surface area contributed by atoms with Crippen molar-refractivity contribution in [3.05, 3.63) is 0 Å². The lowest BCUT2D eigenvalue weighted by Gasteiger charge is -2.30. The van der Waals surface area contributed by atoms with Gasteiger partial charge in [0.1, 0.15) is 6.10 Å². The van der Waals surface area contributed by atoms with Crippen LogP contribution in [0.15, 0.2) is 0 Å². The Bertz CT molecular complexity index is 460. The second-order valence-corrected chi connectivity index (χ2v) is 6.75. The third-order valence-corrected chi connectivity index (χ3v) is 4.05. The number of amides is 1. The number of esters is 1. The highest BCUT2D eigenvalue weighted by molar-refractivity contribution is 7.85. The van der Waals surface area contributed by atoms with E-state index < -0.39 is 21.3 Å². The first kappa shape index (κ1) is 15.9. The molecule has 0 radical (unpaired) electrons. The summed E-state index contributed by atoms with van der Waals surface area (Å²) >= 11 is 0. The molecule has 1 fully saturated rings. The summed E-state index contributed by atoms with van der Waals surface area (Å²) in [6, 6.07) is 0. The fourth-order valence-corrected chi connectivity index (χ4v) is 3.34. The molecule has 0 aliphatic carbocycles. The highest BCUT2D eigenvalue weighted by Gasteiger charge is 2.36. The minimum absolute atomic E-state index is 0.0934. The van der Waals surface area contributed by atoms with Crippen LogP contribution in [-0.4, -0.2) is 43.2 Å². The van der Waals surface area contributed by atoms with E-state index in [0.717, 1.165) is 0 Å². The molecule has 1 rings (SSSR count). The molecular formula is C11H19NO6S. The molecule has 8 heteroatoms. The normalized spacial score (nSPS) is 22.7. The van der Waals surface area contributed by atoms with Gasteiger partial charge in [-0.25, -0.2) is 0 Å². The van der Waals surface area contributed by atoms with Gasteiger partial charge in [0.25, 0.3) is 10.1 Å². The standard InChI is InChI=1S/C11H19NO6S/c1-8(13)12-6-11(2,7-19(15,16)17)5-9-3-4-10(14)18-9/h9H,3-7H2,1-2H3,(H,12,13)(H,15,16,17). The smallest absolute Gasteiger partial charge is 0.306 e. The topological polar surface area (TPSA) is 110 Å². The fraction of sp³-hybridized carbons (Fsp3) is 0.818. The second-order valence-electron chi connectivity index (χ2n) is 5.30. The van der Waals surface area contributed by atoms with Crippen molar-refractivity contribution in [2.45, 2.75) is 39.2 Å². The summed E-state index contributed by atoms with van der Waals surface area (Å²) in [5, 5.41) is 2.54. The molecule has 2 atom stereocenters. The lowest BCUT2D eigenvalue weighted by molar-refractivity contribution is -0.142. The number of cyclic esters (lactones) is 1. The molecule has 0 spiro atoms. The third kappa shape index (κ3) is 6.02. The van der Waals surface area contributed by atoms with Crippen molar-refractivity contribution in [2.75, 3.05) is 12.3 Å². The molecule has 1 heterocycles. The van der Waals surface area contributed by atoms with Crippen LogP contribution in [0, 0.1) is 5.41 Å². The Morgan fingerprint density at radius 1 is 1.58 bits per heavy atom. The van der Waals surface area contributed by atoms with Gasteiger partial charge < -0.3 is 10.1 Å². The quantitative estimate of drug-likeness (QED) is 0.531. The lowest BCUT2D eigenvalue weighted by atomic mass is 9.85. The Balaban J connectivity index is 2.72. The molecule has 0 aromatic heterocycles. The van der Waals surface area contributed by atoms with Crippen molar-refractivity contribution < 1.29 is 27.3 Å². The minimum Gasteiger partial charge on any atom is -0.462 e. The van der Waals surface area contributed by atoms with E-state index in [2.05, 4.69) is 5.32 Å². The van der Waals surface area contributed by atoms with Crippen LogP contribution in [0.1, 0.15) is 33.1 Å². The maximum atomic E-state index is 11.1. The van der Waals surface area contributed by atoms with Crippen LogP contribution in [0.4, 0.5) is 0 Å². The first-order valence-electron chi connectivity index (χ1n) is 5.99. The van der Waals surface area contributed by atoms with Crippen LogP contribution in [0.5, 0.6) is 0 Å². The largest absolute Gasteiger partial charge is 0.462 e. The number of rotatable bonds is 6. The van der Waals surface area contributed by atoms with E-state index in [4.69, 9.17) is 9.29 Å². The number of carbonyl (C=O) groups excluding carboxylic acids is 2. The summed E-state index contributed by atoms with van der Waals surface area (Å²) in [7, 11) is -4.18. The molecule has 110 valence electrons. The average molecular weight is 293 g/mol. The van der Waals surface area contributed by atoms with Crippen molar-refractivity contribution in [3.8, 4) is 0 Å². The van der Waals surface area contributed by atoms with Gasteiger partial charge in [0.15, 0.2) is 0 Å². The molecule has 0 saturated carbocycles. The van der Waals surface area contributed by atoms with Gasteiger partial charge in [0.05, 0.1) is 5.75 Å². The zero-order chi connectivity index (χ0) is 14.7. The van der Waals surface area contributed by atoms with Crippen LogP contribution < -0.4 is 5.32 Å². The van der Waals surface area contributed by atoms with Gasteiger partial charge in [-0.2, -0.15) is 8.42 Å². The molecule has 7 nitrogen and oxygen atoms in total. The van der Waals surface area contributed by atoms with E-state index in [9.17, 15) is 18.0 Å². The van der Waals surface area contributed by atoms with E-state index in [1.807, 2.05) is 0 Å².